The van der Waals surface area contributed by atoms with Gasteiger partial charge in [0, 0.05) is 10.7 Å². The normalized spacial score (nSPS) is 12.3. The smallest absolute Gasteiger partial charge is 0.341 e. The molecule has 1 atom stereocenters. The number of ether oxygens (including phenoxy) is 1. The minimum absolute atomic E-state index is 0.0474. The highest BCUT2D eigenvalue weighted by Gasteiger charge is 2.22. The number of hydrogen-bond acceptors (Lipinski definition) is 7. The van der Waals surface area contributed by atoms with E-state index in [-0.39, 0.29) is 6.04 Å². The van der Waals surface area contributed by atoms with Crippen LogP contribution in [0.15, 0.2) is 46.2 Å². The maximum atomic E-state index is 12.1. The Bertz CT molecular complexity index is 969. The third kappa shape index (κ3) is 4.83. The first-order valence-corrected chi connectivity index (χ1v) is 10.5. The summed E-state index contributed by atoms with van der Waals surface area (Å²) in [6.07, 6.45) is 1.49. The van der Waals surface area contributed by atoms with Crippen molar-refractivity contribution < 1.29 is 13.9 Å². The summed E-state index contributed by atoms with van der Waals surface area (Å²) in [5, 5.41) is 10.2. The summed E-state index contributed by atoms with van der Waals surface area (Å²) in [6, 6.07) is 9.20. The second-order valence-electron chi connectivity index (χ2n) is 6.56. The van der Waals surface area contributed by atoms with Crippen molar-refractivity contribution in [2.24, 2.45) is 0 Å². The Morgan fingerprint density at radius 2 is 2.00 bits per heavy atom. The van der Waals surface area contributed by atoms with Crippen LogP contribution in [0.4, 0.5) is 0 Å². The van der Waals surface area contributed by atoms with Crippen molar-refractivity contribution in [3.63, 3.8) is 0 Å². The van der Waals surface area contributed by atoms with Gasteiger partial charge in [0.15, 0.2) is 11.0 Å². The Labute approximate surface area is 179 Å². The van der Waals surface area contributed by atoms with Gasteiger partial charge in [-0.15, -0.1) is 10.2 Å². The van der Waals surface area contributed by atoms with Crippen LogP contribution >= 0.6 is 23.4 Å². The van der Waals surface area contributed by atoms with Gasteiger partial charge < -0.3 is 9.15 Å². The van der Waals surface area contributed by atoms with Gasteiger partial charge in [-0.05, 0) is 58.3 Å². The van der Waals surface area contributed by atoms with E-state index in [0.717, 1.165) is 11.5 Å². The molecule has 7 nitrogen and oxygen atoms in total. The average molecular weight is 435 g/mol. The molecule has 0 spiro atoms. The zero-order valence-electron chi connectivity index (χ0n) is 16.8. The van der Waals surface area contributed by atoms with Crippen molar-refractivity contribution in [2.45, 2.75) is 30.8 Å². The summed E-state index contributed by atoms with van der Waals surface area (Å²) in [4.78, 5) is 14.1. The molecule has 0 aliphatic carbocycles. The molecule has 0 fully saturated rings. The number of carbonyl (C=O) groups is 1. The number of benzene rings is 1. The summed E-state index contributed by atoms with van der Waals surface area (Å²) >= 11 is 7.50. The molecule has 9 heteroatoms. The fraction of sp³-hybridized carbons (Fsp3) is 0.350. The summed E-state index contributed by atoms with van der Waals surface area (Å²) < 4.78 is 12.6. The number of furan rings is 1. The fourth-order valence-electron chi connectivity index (χ4n) is 2.68. The van der Waals surface area contributed by atoms with Gasteiger partial charge in [0.05, 0.1) is 24.7 Å². The van der Waals surface area contributed by atoms with Gasteiger partial charge >= 0.3 is 5.97 Å². The van der Waals surface area contributed by atoms with E-state index in [1.165, 1.54) is 18.0 Å². The van der Waals surface area contributed by atoms with Crippen LogP contribution in [0, 0.1) is 0 Å². The maximum absolute atomic E-state index is 12.1. The number of rotatable bonds is 8. The lowest BCUT2D eigenvalue weighted by atomic mass is 10.2. The number of carbonyl (C=O) groups excluding carboxylic acids is 1. The van der Waals surface area contributed by atoms with Crippen molar-refractivity contribution in [1.82, 2.24) is 19.7 Å². The summed E-state index contributed by atoms with van der Waals surface area (Å²) in [6.45, 7) is 4.15. The summed E-state index contributed by atoms with van der Waals surface area (Å²) in [5.74, 6) is 1.38. The summed E-state index contributed by atoms with van der Waals surface area (Å²) in [7, 11) is 3.99. The van der Waals surface area contributed by atoms with Gasteiger partial charge in [0.1, 0.15) is 11.3 Å². The Morgan fingerprint density at radius 1 is 1.28 bits per heavy atom. The van der Waals surface area contributed by atoms with E-state index in [4.69, 9.17) is 20.8 Å². The van der Waals surface area contributed by atoms with Crippen molar-refractivity contribution in [1.29, 1.82) is 0 Å². The van der Waals surface area contributed by atoms with E-state index in [1.54, 1.807) is 13.0 Å². The van der Waals surface area contributed by atoms with Crippen LogP contribution in [0.1, 0.15) is 41.8 Å². The third-order valence-corrected chi connectivity index (χ3v) is 5.65. The first-order valence-electron chi connectivity index (χ1n) is 9.16. The number of hydrogen-bond donors (Lipinski definition) is 0. The van der Waals surface area contributed by atoms with E-state index in [2.05, 4.69) is 22.0 Å². The number of esters is 1. The van der Waals surface area contributed by atoms with Crippen LogP contribution in [0.2, 0.25) is 5.02 Å². The highest BCUT2D eigenvalue weighted by Crippen LogP contribution is 2.30. The first-order chi connectivity index (χ1) is 13.9. The monoisotopic (exact) mass is 434 g/mol. The second kappa shape index (κ2) is 9.47. The lowest BCUT2D eigenvalue weighted by Gasteiger charge is -2.20. The second-order valence-corrected chi connectivity index (χ2v) is 7.94. The molecule has 0 radical (unpaired) electrons. The van der Waals surface area contributed by atoms with Crippen molar-refractivity contribution in [3.8, 4) is 5.69 Å². The Morgan fingerprint density at radius 3 is 2.66 bits per heavy atom. The predicted molar refractivity (Wildman–Crippen MR) is 113 cm³/mol. The van der Waals surface area contributed by atoms with Gasteiger partial charge in [-0.1, -0.05) is 23.4 Å². The fourth-order valence-corrected chi connectivity index (χ4v) is 3.72. The first kappa shape index (κ1) is 21.4. The van der Waals surface area contributed by atoms with Crippen LogP contribution in [-0.2, 0) is 10.5 Å². The molecular weight excluding hydrogens is 412 g/mol. The molecular formula is C20H23ClN4O3S. The van der Waals surface area contributed by atoms with Gasteiger partial charge in [-0.2, -0.15) is 0 Å². The van der Waals surface area contributed by atoms with Crippen LogP contribution in [-0.4, -0.2) is 46.3 Å². The molecule has 3 aromatic rings. The standard InChI is InChI=1S/C20H23ClN4O3S/c1-5-27-19(26)16-10-11-28-17(16)12-29-20-23-22-18(13(2)24(3)4)25(20)15-8-6-14(21)7-9-15/h6-11,13H,5,12H2,1-4H3. The van der Waals surface area contributed by atoms with Crippen LogP contribution in [0.5, 0.6) is 0 Å². The molecule has 0 amide bonds. The quantitative estimate of drug-likeness (QED) is 0.378. The zero-order valence-corrected chi connectivity index (χ0v) is 18.3. The SMILES string of the molecule is CCOC(=O)c1ccoc1CSc1nnc(C(C)N(C)C)n1-c1ccc(Cl)cc1. The molecule has 1 unspecified atom stereocenters. The van der Waals surface area contributed by atoms with Crippen molar-refractivity contribution in [3.05, 3.63) is 58.8 Å². The Hall–Kier alpha value is -2.29. The van der Waals surface area contributed by atoms with Gasteiger partial charge in [0.2, 0.25) is 0 Å². The van der Waals surface area contributed by atoms with E-state index in [0.29, 0.717) is 33.9 Å². The predicted octanol–water partition coefficient (Wildman–Crippen LogP) is 4.61. The highest BCUT2D eigenvalue weighted by molar-refractivity contribution is 7.98. The Kier molecular flexibility index (Phi) is 7.00. The molecule has 0 aliphatic heterocycles. The molecule has 3 rings (SSSR count). The molecule has 2 aromatic heterocycles. The minimum Gasteiger partial charge on any atom is -0.468 e. The highest BCUT2D eigenvalue weighted by atomic mass is 35.5. The molecule has 0 saturated carbocycles. The largest absolute Gasteiger partial charge is 0.468 e. The van der Waals surface area contributed by atoms with Crippen LogP contribution in [0.3, 0.4) is 0 Å². The number of nitrogens with zero attached hydrogens (tertiary/aromatic N) is 4. The van der Waals surface area contributed by atoms with E-state index >= 15 is 0 Å². The van der Waals surface area contributed by atoms with Gasteiger partial charge in [-0.25, -0.2) is 4.79 Å². The van der Waals surface area contributed by atoms with Crippen LogP contribution < -0.4 is 0 Å². The van der Waals surface area contributed by atoms with Crippen LogP contribution in [0.25, 0.3) is 5.69 Å². The van der Waals surface area contributed by atoms with Gasteiger partial charge in [-0.3, -0.25) is 9.47 Å². The number of aromatic nitrogens is 3. The molecule has 154 valence electrons. The number of thioether (sulfide) groups is 1. The average Bonchev–Trinajstić information content (AvgIpc) is 3.33. The molecule has 0 N–H and O–H groups in total. The lowest BCUT2D eigenvalue weighted by Crippen LogP contribution is -2.20. The molecule has 0 saturated heterocycles. The van der Waals surface area contributed by atoms with E-state index < -0.39 is 5.97 Å². The maximum Gasteiger partial charge on any atom is 0.341 e. The zero-order chi connectivity index (χ0) is 21.0. The summed E-state index contributed by atoms with van der Waals surface area (Å²) in [5.41, 5.74) is 1.34. The molecule has 0 aliphatic rings. The number of halogens is 1. The Balaban J connectivity index is 1.91. The van der Waals surface area contributed by atoms with E-state index in [9.17, 15) is 4.79 Å². The van der Waals surface area contributed by atoms with Gasteiger partial charge in [0.25, 0.3) is 0 Å². The van der Waals surface area contributed by atoms with E-state index in [1.807, 2.05) is 42.9 Å². The van der Waals surface area contributed by atoms with Crippen molar-refractivity contribution >= 4 is 29.3 Å². The topological polar surface area (TPSA) is 73.4 Å². The molecule has 2 heterocycles. The molecule has 1 aromatic carbocycles. The van der Waals surface area contributed by atoms with Crippen molar-refractivity contribution in [2.75, 3.05) is 20.7 Å². The molecule has 0 bridgehead atoms. The molecule has 29 heavy (non-hydrogen) atoms. The third-order valence-electron chi connectivity index (χ3n) is 4.46. The minimum atomic E-state index is -0.391. The lowest BCUT2D eigenvalue weighted by molar-refractivity contribution is 0.0524.